The molecule has 0 spiro atoms. The van der Waals surface area contributed by atoms with Gasteiger partial charge in [-0.15, -0.1) is 4.99 Å². The summed E-state index contributed by atoms with van der Waals surface area (Å²) in [6.07, 6.45) is 7.40. The monoisotopic (exact) mass is 482 g/mol. The molecule has 0 saturated heterocycles. The molecule has 0 aliphatic rings. The van der Waals surface area contributed by atoms with Crippen molar-refractivity contribution in [1.29, 1.82) is 10.5 Å². The van der Waals surface area contributed by atoms with Crippen LogP contribution in [-0.2, 0) is 12.5 Å². The van der Waals surface area contributed by atoms with Crippen molar-refractivity contribution in [3.8, 4) is 29.1 Å². The molecule has 0 unspecified atom stereocenters. The smallest absolute Gasteiger partial charge is 0.226 e. The van der Waals surface area contributed by atoms with Crippen LogP contribution in [0, 0.1) is 22.8 Å². The van der Waals surface area contributed by atoms with Crippen LogP contribution in [0.5, 0.6) is 0 Å². The average Bonchev–Trinajstić information content (AvgIpc) is 3.51. The zero-order valence-corrected chi connectivity index (χ0v) is 20.6. The number of hydrogen-bond donors (Lipinski definition) is 1. The molecular weight excluding hydrogens is 460 g/mol. The van der Waals surface area contributed by atoms with Gasteiger partial charge in [-0.05, 0) is 66.8 Å². The Morgan fingerprint density at radius 1 is 0.946 bits per heavy atom. The van der Waals surface area contributed by atoms with E-state index < -0.39 is 5.41 Å². The SMILES string of the molecule is Cn1c(=NC#N)n(-c2ccc(C(C)(C)C#N)nc2)c2c3cc(-c4ccc5cc[nH]c5c4)ccc3ncc21. The van der Waals surface area contributed by atoms with E-state index in [-0.39, 0.29) is 0 Å². The number of nitrogens with one attached hydrogen (secondary N) is 1. The maximum Gasteiger partial charge on any atom is 0.226 e. The van der Waals surface area contributed by atoms with E-state index in [4.69, 9.17) is 4.98 Å². The van der Waals surface area contributed by atoms with Gasteiger partial charge in [-0.3, -0.25) is 14.5 Å². The van der Waals surface area contributed by atoms with Gasteiger partial charge < -0.3 is 9.55 Å². The second-order valence-corrected chi connectivity index (χ2v) is 9.55. The zero-order valence-electron chi connectivity index (χ0n) is 20.6. The fraction of sp³-hybridized carbons (Fsp3) is 0.138. The van der Waals surface area contributed by atoms with Crippen LogP contribution in [0.15, 0.2) is 78.2 Å². The molecule has 0 atom stereocenters. The van der Waals surface area contributed by atoms with Gasteiger partial charge in [0.25, 0.3) is 0 Å². The number of aromatic amines is 1. The Kier molecular flexibility index (Phi) is 4.92. The summed E-state index contributed by atoms with van der Waals surface area (Å²) in [6.45, 7) is 3.67. The quantitative estimate of drug-likeness (QED) is 0.348. The number of fused-ring (bicyclic) bond motifs is 4. The molecule has 37 heavy (non-hydrogen) atoms. The third kappa shape index (κ3) is 3.47. The Labute approximate surface area is 212 Å². The third-order valence-electron chi connectivity index (χ3n) is 6.87. The van der Waals surface area contributed by atoms with Gasteiger partial charge >= 0.3 is 0 Å². The van der Waals surface area contributed by atoms with Crippen molar-refractivity contribution < 1.29 is 0 Å². The van der Waals surface area contributed by atoms with E-state index in [1.807, 2.05) is 60.6 Å². The Hall–Kier alpha value is -5.21. The first-order chi connectivity index (χ1) is 17.9. The number of hydrogen-bond acceptors (Lipinski definition) is 5. The summed E-state index contributed by atoms with van der Waals surface area (Å²) in [4.78, 5) is 16.7. The Bertz CT molecular complexity index is 1990. The molecular formula is C29H22N8. The van der Waals surface area contributed by atoms with Crippen molar-refractivity contribution in [2.24, 2.45) is 12.0 Å². The van der Waals surface area contributed by atoms with Crippen molar-refractivity contribution in [1.82, 2.24) is 24.1 Å². The van der Waals surface area contributed by atoms with Crippen molar-refractivity contribution in [3.63, 3.8) is 0 Å². The number of aryl methyl sites for hydroxylation is 1. The number of pyridine rings is 2. The predicted octanol–water partition coefficient (Wildman–Crippen LogP) is 5.24. The fourth-order valence-corrected chi connectivity index (χ4v) is 4.77. The molecule has 2 aromatic carbocycles. The Morgan fingerprint density at radius 2 is 1.76 bits per heavy atom. The van der Waals surface area contributed by atoms with Gasteiger partial charge in [0, 0.05) is 24.1 Å². The summed E-state index contributed by atoms with van der Waals surface area (Å²) in [5.74, 6) is 0. The summed E-state index contributed by atoms with van der Waals surface area (Å²) in [5, 5.41) is 21.1. The van der Waals surface area contributed by atoms with Crippen LogP contribution < -0.4 is 5.62 Å². The number of aromatic nitrogens is 5. The number of H-pyrrole nitrogens is 1. The lowest BCUT2D eigenvalue weighted by atomic mass is 9.91. The number of benzene rings is 2. The van der Waals surface area contributed by atoms with Crippen molar-refractivity contribution in [3.05, 3.63) is 84.5 Å². The predicted molar refractivity (Wildman–Crippen MR) is 142 cm³/mol. The molecule has 178 valence electrons. The fourth-order valence-electron chi connectivity index (χ4n) is 4.77. The molecule has 0 radical (unpaired) electrons. The molecule has 8 heteroatoms. The first-order valence-corrected chi connectivity index (χ1v) is 11.8. The second-order valence-electron chi connectivity index (χ2n) is 9.55. The van der Waals surface area contributed by atoms with Gasteiger partial charge in [-0.1, -0.05) is 18.2 Å². The first-order valence-electron chi connectivity index (χ1n) is 11.8. The number of rotatable bonds is 3. The maximum absolute atomic E-state index is 9.52. The van der Waals surface area contributed by atoms with E-state index in [1.165, 1.54) is 0 Å². The number of nitrogens with zero attached hydrogens (tertiary/aromatic N) is 7. The molecule has 4 aromatic heterocycles. The molecule has 0 aliphatic heterocycles. The van der Waals surface area contributed by atoms with E-state index in [0.29, 0.717) is 11.3 Å². The summed E-state index contributed by atoms with van der Waals surface area (Å²) in [7, 11) is 1.87. The van der Waals surface area contributed by atoms with Crippen molar-refractivity contribution in [2.75, 3.05) is 0 Å². The van der Waals surface area contributed by atoms with Crippen LogP contribution in [0.3, 0.4) is 0 Å². The second kappa shape index (κ2) is 8.18. The van der Waals surface area contributed by atoms with Crippen LogP contribution in [0.1, 0.15) is 19.5 Å². The number of nitriles is 2. The molecule has 1 N–H and O–H groups in total. The largest absolute Gasteiger partial charge is 0.361 e. The van der Waals surface area contributed by atoms with Crippen LogP contribution >= 0.6 is 0 Å². The van der Waals surface area contributed by atoms with Crippen LogP contribution in [-0.4, -0.2) is 24.1 Å². The van der Waals surface area contributed by atoms with Gasteiger partial charge in [-0.25, -0.2) is 0 Å². The van der Waals surface area contributed by atoms with E-state index >= 15 is 0 Å². The molecule has 0 saturated carbocycles. The van der Waals surface area contributed by atoms with Gasteiger partial charge in [0.1, 0.15) is 0 Å². The Morgan fingerprint density at radius 3 is 2.51 bits per heavy atom. The highest BCUT2D eigenvalue weighted by Crippen LogP contribution is 2.31. The van der Waals surface area contributed by atoms with E-state index in [2.05, 4.69) is 57.4 Å². The molecule has 6 rings (SSSR count). The number of imidazole rings is 1. The minimum atomic E-state index is -0.715. The lowest BCUT2D eigenvalue weighted by Gasteiger charge is -2.15. The van der Waals surface area contributed by atoms with Crippen LogP contribution in [0.4, 0.5) is 0 Å². The van der Waals surface area contributed by atoms with Crippen LogP contribution in [0.2, 0.25) is 0 Å². The lowest BCUT2D eigenvalue weighted by molar-refractivity contribution is 0.658. The van der Waals surface area contributed by atoms with E-state index in [9.17, 15) is 10.5 Å². The highest BCUT2D eigenvalue weighted by Gasteiger charge is 2.22. The van der Waals surface area contributed by atoms with Crippen LogP contribution in [0.25, 0.3) is 49.7 Å². The molecule has 0 amide bonds. The summed E-state index contributed by atoms with van der Waals surface area (Å²) >= 11 is 0. The Balaban J connectivity index is 1.65. The standard InChI is InChI=1S/C29H22N8/c1-29(2,16-30)26-9-7-21(14-34-26)37-27-22-12-19(20-5-4-18-10-11-32-24(18)13-20)6-8-23(22)33-15-25(27)36(3)28(37)35-17-31/h4-15,32H,1-3H3. The minimum absolute atomic E-state index is 0.458. The summed E-state index contributed by atoms with van der Waals surface area (Å²) in [6, 6.07) is 20.7. The lowest BCUT2D eigenvalue weighted by Crippen LogP contribution is -2.23. The molecule has 6 aromatic rings. The molecule has 0 bridgehead atoms. The first kappa shape index (κ1) is 22.3. The normalized spacial score (nSPS) is 12.3. The summed E-state index contributed by atoms with van der Waals surface area (Å²) < 4.78 is 3.78. The topological polar surface area (TPSA) is 111 Å². The highest BCUT2D eigenvalue weighted by molar-refractivity contribution is 6.05. The minimum Gasteiger partial charge on any atom is -0.361 e. The molecule has 8 nitrogen and oxygen atoms in total. The average molecular weight is 483 g/mol. The zero-order chi connectivity index (χ0) is 25.7. The highest BCUT2D eigenvalue weighted by atomic mass is 15.2. The van der Waals surface area contributed by atoms with Gasteiger partial charge in [0.05, 0.1) is 51.8 Å². The van der Waals surface area contributed by atoms with Gasteiger partial charge in [-0.2, -0.15) is 10.5 Å². The molecule has 4 heterocycles. The summed E-state index contributed by atoms with van der Waals surface area (Å²) in [5.41, 5.74) is 6.90. The molecule has 0 aliphatic carbocycles. The van der Waals surface area contributed by atoms with Crippen molar-refractivity contribution >= 4 is 32.8 Å². The molecule has 0 fully saturated rings. The van der Waals surface area contributed by atoms with E-state index in [0.717, 1.165) is 49.7 Å². The van der Waals surface area contributed by atoms with Gasteiger partial charge in [0.15, 0.2) is 0 Å². The van der Waals surface area contributed by atoms with E-state index in [1.54, 1.807) is 12.4 Å². The van der Waals surface area contributed by atoms with Crippen molar-refractivity contribution in [2.45, 2.75) is 19.3 Å². The maximum atomic E-state index is 9.52. The van der Waals surface area contributed by atoms with Gasteiger partial charge in [0.2, 0.25) is 11.8 Å². The third-order valence-corrected chi connectivity index (χ3v) is 6.87.